The average Bonchev–Trinajstić information content (AvgIpc) is 2.34. The molecule has 0 saturated heterocycles. The molecular formula is C14H19FN2O. The van der Waals surface area contributed by atoms with Crippen LogP contribution in [0.2, 0.25) is 0 Å². The van der Waals surface area contributed by atoms with Gasteiger partial charge in [-0.05, 0) is 25.0 Å². The molecule has 0 fully saturated rings. The van der Waals surface area contributed by atoms with Crippen molar-refractivity contribution in [3.8, 4) is 6.07 Å². The number of nitrogens with one attached hydrogen (secondary N) is 1. The number of hydrogen-bond acceptors (Lipinski definition) is 3. The van der Waals surface area contributed by atoms with Crippen molar-refractivity contribution in [1.29, 1.82) is 5.26 Å². The monoisotopic (exact) mass is 250 g/mol. The molecule has 3 nitrogen and oxygen atoms in total. The van der Waals surface area contributed by atoms with Gasteiger partial charge in [0.15, 0.2) is 0 Å². The Hall–Kier alpha value is -1.60. The number of halogens is 1. The van der Waals surface area contributed by atoms with Crippen LogP contribution in [0.1, 0.15) is 26.3 Å². The van der Waals surface area contributed by atoms with Gasteiger partial charge in [-0.1, -0.05) is 19.9 Å². The quantitative estimate of drug-likeness (QED) is 0.843. The Morgan fingerprint density at radius 3 is 2.72 bits per heavy atom. The number of hydrogen-bond donors (Lipinski definition) is 1. The van der Waals surface area contributed by atoms with Gasteiger partial charge in [0, 0.05) is 6.61 Å². The molecule has 1 aromatic carbocycles. The second kappa shape index (κ2) is 6.97. The number of benzene rings is 1. The Balaban J connectivity index is 2.87. The molecule has 0 bridgehead atoms. The minimum Gasteiger partial charge on any atom is -0.380 e. The lowest BCUT2D eigenvalue weighted by molar-refractivity contribution is 0.127. The number of nitrogens with zero attached hydrogens (tertiary/aromatic N) is 1. The Labute approximate surface area is 108 Å². The van der Waals surface area contributed by atoms with Crippen molar-refractivity contribution < 1.29 is 9.13 Å². The van der Waals surface area contributed by atoms with Crippen molar-refractivity contribution in [1.82, 2.24) is 0 Å². The minimum absolute atomic E-state index is 0.0545. The Morgan fingerprint density at radius 1 is 1.44 bits per heavy atom. The molecule has 1 rings (SSSR count). The summed E-state index contributed by atoms with van der Waals surface area (Å²) in [6.45, 7) is 7.22. The fraction of sp³-hybridized carbons (Fsp3) is 0.500. The molecule has 0 spiro atoms. The summed E-state index contributed by atoms with van der Waals surface area (Å²) in [6.07, 6.45) is 0. The van der Waals surface area contributed by atoms with Gasteiger partial charge in [0.1, 0.15) is 17.4 Å². The van der Waals surface area contributed by atoms with E-state index < -0.39 is 5.82 Å². The van der Waals surface area contributed by atoms with Gasteiger partial charge in [-0.25, -0.2) is 4.39 Å². The van der Waals surface area contributed by atoms with E-state index in [4.69, 9.17) is 10.00 Å². The zero-order valence-electron chi connectivity index (χ0n) is 11.0. The summed E-state index contributed by atoms with van der Waals surface area (Å²) in [5.74, 6) is -0.173. The highest BCUT2D eigenvalue weighted by atomic mass is 19.1. The summed E-state index contributed by atoms with van der Waals surface area (Å²) in [6, 6.07) is 6.53. The van der Waals surface area contributed by atoms with E-state index in [1.54, 1.807) is 12.1 Å². The number of ether oxygens (including phenoxy) is 1. The van der Waals surface area contributed by atoms with E-state index in [1.165, 1.54) is 6.07 Å². The molecule has 0 aromatic heterocycles. The van der Waals surface area contributed by atoms with Crippen molar-refractivity contribution in [3.63, 3.8) is 0 Å². The molecule has 1 unspecified atom stereocenters. The number of anilines is 1. The van der Waals surface area contributed by atoms with Gasteiger partial charge in [0.25, 0.3) is 0 Å². The van der Waals surface area contributed by atoms with Gasteiger partial charge in [-0.15, -0.1) is 0 Å². The van der Waals surface area contributed by atoms with Gasteiger partial charge < -0.3 is 10.1 Å². The molecular weight excluding hydrogens is 231 g/mol. The van der Waals surface area contributed by atoms with Crippen LogP contribution >= 0.6 is 0 Å². The molecule has 4 heteroatoms. The van der Waals surface area contributed by atoms with E-state index in [-0.39, 0.29) is 11.6 Å². The van der Waals surface area contributed by atoms with Gasteiger partial charge in [0.2, 0.25) is 0 Å². The maximum atomic E-state index is 13.5. The van der Waals surface area contributed by atoms with Crippen LogP contribution in [-0.2, 0) is 4.74 Å². The molecule has 0 saturated carbocycles. The lowest BCUT2D eigenvalue weighted by Crippen LogP contribution is -2.31. The van der Waals surface area contributed by atoms with Crippen LogP contribution in [0, 0.1) is 23.1 Å². The van der Waals surface area contributed by atoms with E-state index in [2.05, 4.69) is 19.2 Å². The Kier molecular flexibility index (Phi) is 5.60. The minimum atomic E-state index is -0.499. The average molecular weight is 250 g/mol. The molecule has 0 heterocycles. The molecule has 0 amide bonds. The molecule has 0 radical (unpaired) electrons. The molecule has 1 N–H and O–H groups in total. The zero-order valence-corrected chi connectivity index (χ0v) is 11.0. The molecule has 0 aliphatic heterocycles. The summed E-state index contributed by atoms with van der Waals surface area (Å²) >= 11 is 0. The second-order valence-electron chi connectivity index (χ2n) is 4.43. The predicted octanol–water partition coefficient (Wildman–Crippen LogP) is 3.17. The third-order valence-corrected chi connectivity index (χ3v) is 2.77. The molecule has 0 aliphatic carbocycles. The highest BCUT2D eigenvalue weighted by molar-refractivity contribution is 5.58. The van der Waals surface area contributed by atoms with Crippen molar-refractivity contribution >= 4 is 5.69 Å². The standard InChI is InChI=1S/C14H19FN2O/c1-4-18-9-14(10(2)3)17-13-7-5-6-12(15)11(13)8-16/h5-7,10,14,17H,4,9H2,1-3H3. The maximum Gasteiger partial charge on any atom is 0.143 e. The van der Waals surface area contributed by atoms with Gasteiger partial charge in [-0.3, -0.25) is 0 Å². The normalized spacial score (nSPS) is 12.2. The van der Waals surface area contributed by atoms with Crippen LogP contribution in [0.15, 0.2) is 18.2 Å². The SMILES string of the molecule is CCOCC(Nc1cccc(F)c1C#N)C(C)C. The number of rotatable bonds is 6. The summed E-state index contributed by atoms with van der Waals surface area (Å²) in [7, 11) is 0. The summed E-state index contributed by atoms with van der Waals surface area (Å²) in [5.41, 5.74) is 0.579. The van der Waals surface area contributed by atoms with E-state index >= 15 is 0 Å². The Morgan fingerprint density at radius 2 is 2.17 bits per heavy atom. The largest absolute Gasteiger partial charge is 0.380 e. The van der Waals surface area contributed by atoms with Crippen molar-refractivity contribution in [2.24, 2.45) is 5.92 Å². The first-order valence-corrected chi connectivity index (χ1v) is 6.13. The zero-order chi connectivity index (χ0) is 13.5. The van der Waals surface area contributed by atoms with Crippen molar-refractivity contribution in [3.05, 3.63) is 29.6 Å². The van der Waals surface area contributed by atoms with Crippen LogP contribution in [0.25, 0.3) is 0 Å². The lowest BCUT2D eigenvalue weighted by atomic mass is 10.0. The first-order chi connectivity index (χ1) is 8.60. The third kappa shape index (κ3) is 3.71. The van der Waals surface area contributed by atoms with Gasteiger partial charge in [0.05, 0.1) is 18.3 Å². The van der Waals surface area contributed by atoms with Crippen molar-refractivity contribution in [2.45, 2.75) is 26.8 Å². The molecule has 1 atom stereocenters. The fourth-order valence-corrected chi connectivity index (χ4v) is 1.60. The maximum absolute atomic E-state index is 13.5. The first kappa shape index (κ1) is 14.5. The topological polar surface area (TPSA) is 45.0 Å². The highest BCUT2D eigenvalue weighted by Crippen LogP contribution is 2.20. The smallest absolute Gasteiger partial charge is 0.143 e. The summed E-state index contributed by atoms with van der Waals surface area (Å²) in [4.78, 5) is 0. The number of nitriles is 1. The molecule has 1 aromatic rings. The highest BCUT2D eigenvalue weighted by Gasteiger charge is 2.16. The van der Waals surface area contributed by atoms with Crippen LogP contribution in [-0.4, -0.2) is 19.3 Å². The lowest BCUT2D eigenvalue weighted by Gasteiger charge is -2.23. The van der Waals surface area contributed by atoms with E-state index in [0.29, 0.717) is 24.8 Å². The van der Waals surface area contributed by atoms with E-state index in [9.17, 15) is 4.39 Å². The van der Waals surface area contributed by atoms with Crippen molar-refractivity contribution in [2.75, 3.05) is 18.5 Å². The molecule has 98 valence electrons. The third-order valence-electron chi connectivity index (χ3n) is 2.77. The van der Waals surface area contributed by atoms with E-state index in [1.807, 2.05) is 13.0 Å². The molecule has 18 heavy (non-hydrogen) atoms. The second-order valence-corrected chi connectivity index (χ2v) is 4.43. The summed E-state index contributed by atoms with van der Waals surface area (Å²) < 4.78 is 18.9. The fourth-order valence-electron chi connectivity index (χ4n) is 1.60. The van der Waals surface area contributed by atoms with E-state index in [0.717, 1.165) is 0 Å². The Bertz CT molecular complexity index is 426. The first-order valence-electron chi connectivity index (χ1n) is 6.13. The predicted molar refractivity (Wildman–Crippen MR) is 69.9 cm³/mol. The van der Waals surface area contributed by atoms with Crippen LogP contribution in [0.3, 0.4) is 0 Å². The van der Waals surface area contributed by atoms with Crippen LogP contribution in [0.4, 0.5) is 10.1 Å². The summed E-state index contributed by atoms with van der Waals surface area (Å²) in [5, 5.41) is 12.2. The molecule has 0 aliphatic rings. The van der Waals surface area contributed by atoms with Crippen LogP contribution < -0.4 is 5.32 Å². The van der Waals surface area contributed by atoms with Crippen LogP contribution in [0.5, 0.6) is 0 Å². The van der Waals surface area contributed by atoms with Gasteiger partial charge in [-0.2, -0.15) is 5.26 Å². The van der Waals surface area contributed by atoms with Gasteiger partial charge >= 0.3 is 0 Å².